The summed E-state index contributed by atoms with van der Waals surface area (Å²) in [5, 5.41) is 20.6. The van der Waals surface area contributed by atoms with Gasteiger partial charge in [0.05, 0.1) is 0 Å². The van der Waals surface area contributed by atoms with E-state index in [9.17, 15) is 10.3 Å². The molecule has 0 heterocycles. The van der Waals surface area contributed by atoms with Gasteiger partial charge >= 0.3 is 0 Å². The van der Waals surface area contributed by atoms with Crippen molar-refractivity contribution in [3.8, 4) is 0 Å². The maximum absolute atomic E-state index is 9.91. The van der Waals surface area contributed by atoms with Gasteiger partial charge in [-0.1, -0.05) is 19.3 Å². The number of hydrogen-bond acceptors (Lipinski definition) is 3. The lowest BCUT2D eigenvalue weighted by Gasteiger charge is -2.39. The molecule has 0 aliphatic heterocycles. The van der Waals surface area contributed by atoms with Gasteiger partial charge in [-0.25, -0.2) is 0 Å². The smallest absolute Gasteiger partial charge is 0.127 e. The molecule has 3 aliphatic carbocycles. The van der Waals surface area contributed by atoms with Crippen LogP contribution in [0.25, 0.3) is 0 Å². The van der Waals surface area contributed by atoms with Crippen LogP contribution in [0.2, 0.25) is 0 Å². The first-order valence-corrected chi connectivity index (χ1v) is 7.82. The highest BCUT2D eigenvalue weighted by molar-refractivity contribution is 4.97. The quantitative estimate of drug-likeness (QED) is 0.587. The molecule has 6 atom stereocenters. The number of nitrogens with zero attached hydrogens (tertiary/aromatic N) is 1. The van der Waals surface area contributed by atoms with Crippen molar-refractivity contribution in [2.24, 2.45) is 23.7 Å². The predicted molar refractivity (Wildman–Crippen MR) is 70.0 cm³/mol. The van der Waals surface area contributed by atoms with Gasteiger partial charge in [0.2, 0.25) is 0 Å². The molecule has 0 spiro atoms. The zero-order valence-corrected chi connectivity index (χ0v) is 11.5. The van der Waals surface area contributed by atoms with Crippen molar-refractivity contribution in [1.82, 2.24) is 5.06 Å². The normalized spacial score (nSPS) is 45.7. The minimum Gasteiger partial charge on any atom is -0.377 e. The van der Waals surface area contributed by atoms with Crippen molar-refractivity contribution in [1.29, 1.82) is 0 Å². The highest BCUT2D eigenvalue weighted by Gasteiger charge is 2.47. The Morgan fingerprint density at radius 3 is 2.44 bits per heavy atom. The first-order chi connectivity index (χ1) is 8.66. The highest BCUT2D eigenvalue weighted by Crippen LogP contribution is 2.54. The third-order valence-electron chi connectivity index (χ3n) is 5.89. The van der Waals surface area contributed by atoms with Crippen molar-refractivity contribution < 1.29 is 10.3 Å². The Labute approximate surface area is 110 Å². The van der Waals surface area contributed by atoms with E-state index in [1.807, 2.05) is 0 Å². The first-order valence-electron chi connectivity index (χ1n) is 7.82. The lowest BCUT2D eigenvalue weighted by atomic mass is 9.72. The number of aliphatic hydroxyl groups is 1. The predicted octanol–water partition coefficient (Wildman–Crippen LogP) is 3.01. The standard InChI is InChI=1S/C15H27NO2/c1-10(17)16(18)13-6-7-15-12(9-13)8-11-4-2-3-5-14(11)15/h10-15,17-18H,2-9H2,1H3. The molecular weight excluding hydrogens is 226 g/mol. The van der Waals surface area contributed by atoms with Crippen LogP contribution in [0, 0.1) is 23.7 Å². The van der Waals surface area contributed by atoms with E-state index in [1.165, 1.54) is 43.6 Å². The summed E-state index contributed by atoms with van der Waals surface area (Å²) in [6, 6.07) is 0.186. The van der Waals surface area contributed by atoms with E-state index in [4.69, 9.17) is 0 Å². The molecule has 3 heteroatoms. The summed E-state index contributed by atoms with van der Waals surface area (Å²) in [7, 11) is 0. The zero-order valence-electron chi connectivity index (χ0n) is 11.5. The third-order valence-corrected chi connectivity index (χ3v) is 5.89. The lowest BCUT2D eigenvalue weighted by Crippen LogP contribution is -2.43. The molecule has 0 aromatic rings. The van der Waals surface area contributed by atoms with Gasteiger partial charge in [0.1, 0.15) is 6.23 Å². The largest absolute Gasteiger partial charge is 0.377 e. The van der Waals surface area contributed by atoms with E-state index in [1.54, 1.807) is 6.92 Å². The molecule has 3 rings (SSSR count). The Bertz CT molecular complexity index is 294. The van der Waals surface area contributed by atoms with Crippen LogP contribution in [-0.2, 0) is 0 Å². The van der Waals surface area contributed by atoms with Crippen LogP contribution < -0.4 is 0 Å². The fourth-order valence-corrected chi connectivity index (χ4v) is 5.12. The molecule has 0 aromatic carbocycles. The van der Waals surface area contributed by atoms with Gasteiger partial charge in [-0.2, -0.15) is 5.06 Å². The van der Waals surface area contributed by atoms with Crippen molar-refractivity contribution in [3.05, 3.63) is 0 Å². The number of hydrogen-bond donors (Lipinski definition) is 2. The average Bonchev–Trinajstić information content (AvgIpc) is 2.75. The minimum absolute atomic E-state index is 0.186. The van der Waals surface area contributed by atoms with Gasteiger partial charge in [-0.3, -0.25) is 0 Å². The average molecular weight is 253 g/mol. The summed E-state index contributed by atoms with van der Waals surface area (Å²) in [5.74, 6) is 3.70. The van der Waals surface area contributed by atoms with Crippen molar-refractivity contribution in [3.63, 3.8) is 0 Å². The van der Waals surface area contributed by atoms with Crippen LogP contribution in [0.4, 0.5) is 0 Å². The fraction of sp³-hybridized carbons (Fsp3) is 1.00. The van der Waals surface area contributed by atoms with Crippen LogP contribution in [0.3, 0.4) is 0 Å². The Balaban J connectivity index is 1.64. The SMILES string of the molecule is CC(O)N(O)C1CCC2C(CC3CCCCC32)C1. The van der Waals surface area contributed by atoms with Crippen molar-refractivity contribution >= 4 is 0 Å². The molecule has 0 aromatic heterocycles. The fourth-order valence-electron chi connectivity index (χ4n) is 5.12. The van der Waals surface area contributed by atoms with E-state index in [0.717, 1.165) is 36.5 Å². The second-order valence-corrected chi connectivity index (χ2v) is 6.85. The Morgan fingerprint density at radius 1 is 0.944 bits per heavy atom. The van der Waals surface area contributed by atoms with Crippen molar-refractivity contribution in [2.45, 2.75) is 70.6 Å². The molecule has 0 amide bonds. The second kappa shape index (κ2) is 5.10. The number of fused-ring (bicyclic) bond motifs is 3. The maximum Gasteiger partial charge on any atom is 0.127 e. The molecular formula is C15H27NO2. The van der Waals surface area contributed by atoms with E-state index in [-0.39, 0.29) is 6.04 Å². The number of rotatable bonds is 2. The maximum atomic E-state index is 9.91. The van der Waals surface area contributed by atoms with Crippen LogP contribution in [0.5, 0.6) is 0 Å². The first kappa shape index (κ1) is 12.9. The molecule has 6 unspecified atom stereocenters. The molecule has 0 saturated heterocycles. The molecule has 3 nitrogen and oxygen atoms in total. The molecule has 2 N–H and O–H groups in total. The summed E-state index contributed by atoms with van der Waals surface area (Å²) in [4.78, 5) is 0. The Kier molecular flexibility index (Phi) is 3.65. The van der Waals surface area contributed by atoms with Crippen LogP contribution in [0.15, 0.2) is 0 Å². The van der Waals surface area contributed by atoms with Gasteiger partial charge < -0.3 is 10.3 Å². The molecule has 3 saturated carbocycles. The van der Waals surface area contributed by atoms with Gasteiger partial charge in [0, 0.05) is 6.04 Å². The van der Waals surface area contributed by atoms with Crippen molar-refractivity contribution in [2.75, 3.05) is 0 Å². The molecule has 0 bridgehead atoms. The summed E-state index contributed by atoms with van der Waals surface area (Å²) in [6.07, 6.45) is 9.86. The van der Waals surface area contributed by atoms with Crippen LogP contribution >= 0.6 is 0 Å². The molecule has 3 fully saturated rings. The summed E-state index contributed by atoms with van der Waals surface area (Å²) >= 11 is 0. The summed E-state index contributed by atoms with van der Waals surface area (Å²) in [6.45, 7) is 1.65. The van der Waals surface area contributed by atoms with Gasteiger partial charge in [0.25, 0.3) is 0 Å². The lowest BCUT2D eigenvalue weighted by molar-refractivity contribution is -0.224. The molecule has 104 valence electrons. The van der Waals surface area contributed by atoms with Gasteiger partial charge in [-0.15, -0.1) is 0 Å². The monoisotopic (exact) mass is 253 g/mol. The summed E-state index contributed by atoms with van der Waals surface area (Å²) < 4.78 is 0. The summed E-state index contributed by atoms with van der Waals surface area (Å²) in [5.41, 5.74) is 0. The Hall–Kier alpha value is -0.120. The van der Waals surface area contributed by atoms with Gasteiger partial charge in [0.15, 0.2) is 0 Å². The highest BCUT2D eigenvalue weighted by atomic mass is 16.5. The molecule has 3 aliphatic rings. The number of aliphatic hydroxyl groups excluding tert-OH is 1. The minimum atomic E-state index is -0.727. The topological polar surface area (TPSA) is 43.7 Å². The zero-order chi connectivity index (χ0) is 12.7. The third kappa shape index (κ3) is 2.21. The second-order valence-electron chi connectivity index (χ2n) is 6.85. The van der Waals surface area contributed by atoms with Gasteiger partial charge in [-0.05, 0) is 62.7 Å². The Morgan fingerprint density at radius 2 is 1.67 bits per heavy atom. The molecule has 18 heavy (non-hydrogen) atoms. The van der Waals surface area contributed by atoms with Crippen LogP contribution in [-0.4, -0.2) is 27.6 Å². The van der Waals surface area contributed by atoms with Crippen LogP contribution in [0.1, 0.15) is 58.3 Å². The van der Waals surface area contributed by atoms with E-state index >= 15 is 0 Å². The van der Waals surface area contributed by atoms with E-state index in [2.05, 4.69) is 0 Å². The van der Waals surface area contributed by atoms with E-state index in [0.29, 0.717) is 0 Å². The number of hydroxylamine groups is 2. The van der Waals surface area contributed by atoms with E-state index < -0.39 is 6.23 Å². The molecule has 0 radical (unpaired) electrons.